The highest BCUT2D eigenvalue weighted by Gasteiger charge is 2.31. The molecule has 33 heavy (non-hydrogen) atoms. The minimum absolute atomic E-state index is 0.0755. The summed E-state index contributed by atoms with van der Waals surface area (Å²) in [6.45, 7) is 6.58. The van der Waals surface area contributed by atoms with E-state index in [2.05, 4.69) is 65.3 Å². The lowest BCUT2D eigenvalue weighted by Gasteiger charge is -2.24. The average molecular weight is 481 g/mol. The molecule has 1 aromatic carbocycles. The van der Waals surface area contributed by atoms with E-state index in [0.717, 1.165) is 37.1 Å². The molecule has 0 amide bonds. The fourth-order valence-electron chi connectivity index (χ4n) is 4.17. The van der Waals surface area contributed by atoms with Gasteiger partial charge in [-0.1, -0.05) is 44.2 Å². The molecule has 1 saturated heterocycles. The lowest BCUT2D eigenvalue weighted by atomic mass is 10.1. The van der Waals surface area contributed by atoms with Crippen molar-refractivity contribution in [3.05, 3.63) is 59.1 Å². The van der Waals surface area contributed by atoms with Gasteiger partial charge in [0.2, 0.25) is 5.95 Å². The summed E-state index contributed by atoms with van der Waals surface area (Å²) in [6.07, 6.45) is 3.58. The standard InChI is InChI=1S/C24H28N6OS2/c1-16(2)20-15-27-30-22(20)28-24(33(31)18-9-11-25-12-10-18)29-23(30)26-14-17-6-3-4-7-19(17)21-8-5-13-32-21/h3-8,13,15-16,18,25H,9-12,14H2,1-2H3,(H,26,28,29). The third-order valence-electron chi connectivity index (χ3n) is 6.01. The van der Waals surface area contributed by atoms with Crippen LogP contribution in [0.3, 0.4) is 0 Å². The monoisotopic (exact) mass is 480 g/mol. The van der Waals surface area contributed by atoms with E-state index < -0.39 is 11.2 Å². The van der Waals surface area contributed by atoms with Gasteiger partial charge in [0.05, 0.1) is 6.20 Å². The zero-order valence-corrected chi connectivity index (χ0v) is 20.5. The zero-order valence-electron chi connectivity index (χ0n) is 18.8. The van der Waals surface area contributed by atoms with Crippen molar-refractivity contribution in [2.24, 2.45) is 0 Å². The summed E-state index contributed by atoms with van der Waals surface area (Å²) in [7, 11) is 0. The first-order chi connectivity index (χ1) is 16.1. The summed E-state index contributed by atoms with van der Waals surface area (Å²) >= 11 is 0.467. The molecule has 1 aliphatic rings. The smallest absolute Gasteiger partial charge is 0.348 e. The van der Waals surface area contributed by atoms with E-state index in [9.17, 15) is 4.55 Å². The van der Waals surface area contributed by atoms with Gasteiger partial charge < -0.3 is 15.2 Å². The predicted molar refractivity (Wildman–Crippen MR) is 134 cm³/mol. The highest BCUT2D eigenvalue weighted by atomic mass is 32.2. The van der Waals surface area contributed by atoms with Crippen molar-refractivity contribution in [2.75, 3.05) is 18.4 Å². The highest BCUT2D eigenvalue weighted by Crippen LogP contribution is 2.29. The lowest BCUT2D eigenvalue weighted by molar-refractivity contribution is 0.492. The van der Waals surface area contributed by atoms with Crippen LogP contribution in [-0.4, -0.2) is 42.5 Å². The number of nitrogens with zero attached hydrogens (tertiary/aromatic N) is 4. The molecule has 5 rings (SSSR count). The van der Waals surface area contributed by atoms with Gasteiger partial charge in [0.25, 0.3) is 0 Å². The maximum atomic E-state index is 13.4. The summed E-state index contributed by atoms with van der Waals surface area (Å²) in [5.41, 5.74) is 4.13. The van der Waals surface area contributed by atoms with Gasteiger partial charge >= 0.3 is 5.16 Å². The Bertz CT molecular complexity index is 1220. The molecule has 1 fully saturated rings. The number of nitrogens with one attached hydrogen (secondary N) is 2. The topological polar surface area (TPSA) is 90.2 Å². The van der Waals surface area contributed by atoms with Crippen LogP contribution in [0.2, 0.25) is 0 Å². The number of hydrogen-bond acceptors (Lipinski definition) is 7. The number of rotatable bonds is 7. The molecule has 0 aliphatic carbocycles. The molecule has 9 heteroatoms. The van der Waals surface area contributed by atoms with Gasteiger partial charge in [-0.05, 0) is 41.6 Å². The second-order valence-electron chi connectivity index (χ2n) is 8.55. The first kappa shape index (κ1) is 22.3. The molecule has 0 bridgehead atoms. The van der Waals surface area contributed by atoms with Crippen LogP contribution in [0, 0.1) is 0 Å². The third-order valence-corrected chi connectivity index (χ3v) is 8.53. The molecule has 1 aliphatic heterocycles. The number of benzene rings is 1. The highest BCUT2D eigenvalue weighted by molar-refractivity contribution is 7.91. The largest absolute Gasteiger partial charge is 0.609 e. The van der Waals surface area contributed by atoms with Crippen LogP contribution >= 0.6 is 11.3 Å². The molecule has 2 N–H and O–H groups in total. The molecule has 4 aromatic rings. The summed E-state index contributed by atoms with van der Waals surface area (Å²) < 4.78 is 15.1. The van der Waals surface area contributed by atoms with E-state index in [1.54, 1.807) is 15.9 Å². The summed E-state index contributed by atoms with van der Waals surface area (Å²) in [6, 6.07) is 12.6. The fourth-order valence-corrected chi connectivity index (χ4v) is 6.27. The molecular formula is C24H28N6OS2. The van der Waals surface area contributed by atoms with Crippen LogP contribution < -0.4 is 10.6 Å². The van der Waals surface area contributed by atoms with Gasteiger partial charge in [0, 0.05) is 41.0 Å². The van der Waals surface area contributed by atoms with E-state index in [-0.39, 0.29) is 11.2 Å². The molecule has 0 spiro atoms. The van der Waals surface area contributed by atoms with Crippen molar-refractivity contribution in [3.63, 3.8) is 0 Å². The molecule has 7 nitrogen and oxygen atoms in total. The fraction of sp³-hybridized carbons (Fsp3) is 0.375. The second-order valence-corrected chi connectivity index (χ2v) is 11.1. The molecule has 0 radical (unpaired) electrons. The van der Waals surface area contributed by atoms with Gasteiger partial charge in [0.1, 0.15) is 5.25 Å². The van der Waals surface area contributed by atoms with Crippen LogP contribution in [0.15, 0.2) is 53.1 Å². The van der Waals surface area contributed by atoms with Crippen LogP contribution in [0.25, 0.3) is 16.1 Å². The Hall–Kier alpha value is -2.46. The summed E-state index contributed by atoms with van der Waals surface area (Å²) in [4.78, 5) is 10.7. The van der Waals surface area contributed by atoms with E-state index in [1.165, 1.54) is 16.0 Å². The van der Waals surface area contributed by atoms with Crippen LogP contribution in [-0.2, 0) is 17.7 Å². The maximum absolute atomic E-state index is 13.4. The Labute approximate surface area is 200 Å². The van der Waals surface area contributed by atoms with Crippen molar-refractivity contribution in [2.45, 2.75) is 49.6 Å². The number of aromatic nitrogens is 4. The van der Waals surface area contributed by atoms with Gasteiger partial charge in [0.15, 0.2) is 5.65 Å². The summed E-state index contributed by atoms with van der Waals surface area (Å²) in [5, 5.41) is 13.9. The minimum Gasteiger partial charge on any atom is -0.609 e. The van der Waals surface area contributed by atoms with Gasteiger partial charge in [-0.25, -0.2) is 0 Å². The number of fused-ring (bicyclic) bond motifs is 1. The first-order valence-electron chi connectivity index (χ1n) is 11.3. The van der Waals surface area contributed by atoms with Crippen LogP contribution in [0.1, 0.15) is 43.7 Å². The lowest BCUT2D eigenvalue weighted by Crippen LogP contribution is -2.36. The molecule has 1 atom stereocenters. The first-order valence-corrected chi connectivity index (χ1v) is 13.4. The number of piperidine rings is 1. The van der Waals surface area contributed by atoms with Gasteiger partial charge in [-0.2, -0.15) is 14.6 Å². The Morgan fingerprint density at radius 1 is 1.18 bits per heavy atom. The van der Waals surface area contributed by atoms with E-state index in [0.29, 0.717) is 17.6 Å². The normalized spacial score (nSPS) is 15.9. The third kappa shape index (κ3) is 4.63. The molecule has 172 valence electrons. The van der Waals surface area contributed by atoms with E-state index in [4.69, 9.17) is 9.97 Å². The molecule has 1 unspecified atom stereocenters. The second kappa shape index (κ2) is 9.80. The van der Waals surface area contributed by atoms with Gasteiger partial charge in [-0.3, -0.25) is 0 Å². The van der Waals surface area contributed by atoms with Crippen molar-refractivity contribution in [3.8, 4) is 10.4 Å². The number of thiophene rings is 1. The molecule has 3 aromatic heterocycles. The summed E-state index contributed by atoms with van der Waals surface area (Å²) in [5.74, 6) is 0.829. The van der Waals surface area contributed by atoms with Crippen LogP contribution in [0.4, 0.5) is 5.95 Å². The van der Waals surface area contributed by atoms with Gasteiger partial charge in [-0.15, -0.1) is 16.3 Å². The Morgan fingerprint density at radius 3 is 2.76 bits per heavy atom. The molecular weight excluding hydrogens is 452 g/mol. The molecule has 4 heterocycles. The van der Waals surface area contributed by atoms with Crippen molar-refractivity contribution < 1.29 is 4.55 Å². The Kier molecular flexibility index (Phi) is 6.64. The van der Waals surface area contributed by atoms with E-state index in [1.807, 2.05) is 12.3 Å². The number of hydrogen-bond donors (Lipinski definition) is 2. The minimum atomic E-state index is -1.26. The van der Waals surface area contributed by atoms with Crippen molar-refractivity contribution in [1.82, 2.24) is 24.9 Å². The Balaban J connectivity index is 1.50. The Morgan fingerprint density at radius 2 is 2.00 bits per heavy atom. The number of anilines is 1. The van der Waals surface area contributed by atoms with Crippen molar-refractivity contribution in [1.29, 1.82) is 0 Å². The maximum Gasteiger partial charge on any atom is 0.348 e. The molecule has 0 saturated carbocycles. The van der Waals surface area contributed by atoms with E-state index >= 15 is 0 Å². The quantitative estimate of drug-likeness (QED) is 0.380. The van der Waals surface area contributed by atoms with Crippen LogP contribution in [0.5, 0.6) is 0 Å². The van der Waals surface area contributed by atoms with Crippen molar-refractivity contribution >= 4 is 34.1 Å². The predicted octanol–water partition coefficient (Wildman–Crippen LogP) is 4.45. The SMILES string of the molecule is CC(C)c1cnn2c(NCc3ccccc3-c3cccs3)nc([S+]([O-])C3CCNCC3)nc12. The average Bonchev–Trinajstić information content (AvgIpc) is 3.53. The zero-order chi connectivity index (χ0) is 22.8.